The fourth-order valence-corrected chi connectivity index (χ4v) is 4.41. The highest BCUT2D eigenvalue weighted by Crippen LogP contribution is 2.30. The molecule has 1 aliphatic rings. The van der Waals surface area contributed by atoms with Crippen LogP contribution in [0.5, 0.6) is 0 Å². The van der Waals surface area contributed by atoms with Gasteiger partial charge in [-0.2, -0.15) is 0 Å². The van der Waals surface area contributed by atoms with Crippen molar-refractivity contribution in [2.45, 2.75) is 37.8 Å². The zero-order chi connectivity index (χ0) is 12.5. The summed E-state index contributed by atoms with van der Waals surface area (Å²) in [6, 6.07) is 3.90. The van der Waals surface area contributed by atoms with Crippen LogP contribution >= 0.6 is 22.7 Å². The van der Waals surface area contributed by atoms with Gasteiger partial charge in [0.1, 0.15) is 0 Å². The third-order valence-corrected chi connectivity index (χ3v) is 5.50. The monoisotopic (exact) mass is 281 g/mol. The lowest BCUT2D eigenvalue weighted by Crippen LogP contribution is -2.44. The van der Waals surface area contributed by atoms with Crippen LogP contribution in [-0.4, -0.2) is 23.2 Å². The molecule has 3 nitrogen and oxygen atoms in total. The summed E-state index contributed by atoms with van der Waals surface area (Å²) < 4.78 is 2.32. The molecule has 0 saturated heterocycles. The largest absolute Gasteiger partial charge is 0.391 e. The van der Waals surface area contributed by atoms with Gasteiger partial charge in [-0.15, -0.1) is 22.7 Å². The van der Waals surface area contributed by atoms with Gasteiger partial charge in [-0.3, -0.25) is 4.79 Å². The second-order valence-corrected chi connectivity index (χ2v) is 6.72. The molecule has 5 heteroatoms. The summed E-state index contributed by atoms with van der Waals surface area (Å²) in [6.45, 7) is 0. The zero-order valence-corrected chi connectivity index (χ0v) is 11.5. The molecule has 0 spiro atoms. The molecule has 2 heterocycles. The Bertz CT molecular complexity index is 532. The molecule has 3 rings (SSSR count). The number of carbonyl (C=O) groups excluding carboxylic acids is 1. The Kier molecular flexibility index (Phi) is 3.37. The maximum atomic E-state index is 12.1. The van der Waals surface area contributed by atoms with Crippen molar-refractivity contribution >= 4 is 38.0 Å². The van der Waals surface area contributed by atoms with E-state index in [1.807, 2.05) is 17.5 Å². The van der Waals surface area contributed by atoms with Gasteiger partial charge in [0.25, 0.3) is 5.91 Å². The summed E-state index contributed by atoms with van der Waals surface area (Å²) in [6.07, 6.45) is 3.43. The normalized spacial score (nSPS) is 24.3. The van der Waals surface area contributed by atoms with Crippen LogP contribution in [-0.2, 0) is 0 Å². The van der Waals surface area contributed by atoms with Crippen molar-refractivity contribution in [1.29, 1.82) is 0 Å². The number of hydrogen-bond donors (Lipinski definition) is 2. The number of aliphatic hydroxyl groups is 1. The lowest BCUT2D eigenvalue weighted by Gasteiger charge is -2.28. The van der Waals surface area contributed by atoms with Crippen molar-refractivity contribution in [1.82, 2.24) is 5.32 Å². The van der Waals surface area contributed by atoms with E-state index in [-0.39, 0.29) is 18.1 Å². The SMILES string of the molecule is O=C(N[C@H]1CCCC[C@@H]1O)c1cc2sccc2s1. The number of fused-ring (bicyclic) bond motifs is 1. The van der Waals surface area contributed by atoms with E-state index in [4.69, 9.17) is 0 Å². The Morgan fingerprint density at radius 3 is 2.94 bits per heavy atom. The van der Waals surface area contributed by atoms with Crippen LogP contribution in [0.1, 0.15) is 35.4 Å². The summed E-state index contributed by atoms with van der Waals surface area (Å²) in [7, 11) is 0. The fraction of sp³-hybridized carbons (Fsp3) is 0.462. The Hall–Kier alpha value is -0.910. The number of hydrogen-bond acceptors (Lipinski definition) is 4. The topological polar surface area (TPSA) is 49.3 Å². The third kappa shape index (κ3) is 2.30. The fourth-order valence-electron chi connectivity index (χ4n) is 2.40. The van der Waals surface area contributed by atoms with Gasteiger partial charge in [0.05, 0.1) is 17.0 Å². The van der Waals surface area contributed by atoms with Crippen LogP contribution < -0.4 is 5.32 Å². The molecule has 1 saturated carbocycles. The van der Waals surface area contributed by atoms with Gasteiger partial charge >= 0.3 is 0 Å². The van der Waals surface area contributed by atoms with Gasteiger partial charge in [0.2, 0.25) is 0 Å². The maximum absolute atomic E-state index is 12.1. The number of amides is 1. The van der Waals surface area contributed by atoms with Crippen molar-refractivity contribution in [3.63, 3.8) is 0 Å². The van der Waals surface area contributed by atoms with Crippen molar-refractivity contribution in [3.8, 4) is 0 Å². The molecule has 18 heavy (non-hydrogen) atoms. The summed E-state index contributed by atoms with van der Waals surface area (Å²) in [4.78, 5) is 12.9. The molecule has 2 aromatic rings. The highest BCUT2D eigenvalue weighted by Gasteiger charge is 2.25. The van der Waals surface area contributed by atoms with Crippen LogP contribution in [0.25, 0.3) is 9.40 Å². The van der Waals surface area contributed by atoms with Gasteiger partial charge in [-0.25, -0.2) is 0 Å². The summed E-state index contributed by atoms with van der Waals surface area (Å²) >= 11 is 3.17. The van der Waals surface area contributed by atoms with Crippen molar-refractivity contribution in [2.24, 2.45) is 0 Å². The average Bonchev–Trinajstić information content (AvgIpc) is 2.92. The Morgan fingerprint density at radius 1 is 1.33 bits per heavy atom. The number of aliphatic hydroxyl groups excluding tert-OH is 1. The minimum Gasteiger partial charge on any atom is -0.391 e. The third-order valence-electron chi connectivity index (χ3n) is 3.41. The highest BCUT2D eigenvalue weighted by molar-refractivity contribution is 7.27. The minimum atomic E-state index is -0.385. The van der Waals surface area contributed by atoms with E-state index in [0.29, 0.717) is 0 Å². The van der Waals surface area contributed by atoms with E-state index in [1.165, 1.54) is 11.3 Å². The smallest absolute Gasteiger partial charge is 0.261 e. The van der Waals surface area contributed by atoms with E-state index in [0.717, 1.165) is 40.0 Å². The maximum Gasteiger partial charge on any atom is 0.261 e. The molecule has 2 aromatic heterocycles. The predicted molar refractivity (Wildman–Crippen MR) is 75.4 cm³/mol. The van der Waals surface area contributed by atoms with E-state index in [1.54, 1.807) is 11.3 Å². The zero-order valence-electron chi connectivity index (χ0n) is 9.89. The predicted octanol–water partition coefficient (Wildman–Crippen LogP) is 3.00. The number of carbonyl (C=O) groups is 1. The first-order valence-corrected chi connectivity index (χ1v) is 7.89. The molecular weight excluding hydrogens is 266 g/mol. The van der Waals surface area contributed by atoms with Gasteiger partial charge in [0.15, 0.2) is 0 Å². The van der Waals surface area contributed by atoms with Crippen molar-refractivity contribution in [3.05, 3.63) is 22.4 Å². The van der Waals surface area contributed by atoms with Crippen molar-refractivity contribution < 1.29 is 9.90 Å². The molecule has 1 fully saturated rings. The van der Waals surface area contributed by atoms with E-state index >= 15 is 0 Å². The van der Waals surface area contributed by atoms with Crippen LogP contribution in [0.2, 0.25) is 0 Å². The first-order valence-electron chi connectivity index (χ1n) is 6.20. The molecular formula is C13H15NO2S2. The number of nitrogens with one attached hydrogen (secondary N) is 1. The molecule has 2 atom stereocenters. The van der Waals surface area contributed by atoms with Gasteiger partial charge in [-0.05, 0) is 30.4 Å². The van der Waals surface area contributed by atoms with Gasteiger partial charge < -0.3 is 10.4 Å². The molecule has 2 N–H and O–H groups in total. The second-order valence-electron chi connectivity index (χ2n) is 4.69. The summed E-state index contributed by atoms with van der Waals surface area (Å²) in [5, 5.41) is 14.9. The van der Waals surface area contributed by atoms with Crippen molar-refractivity contribution in [2.75, 3.05) is 0 Å². The molecule has 96 valence electrons. The molecule has 1 aliphatic carbocycles. The van der Waals surface area contributed by atoms with Gasteiger partial charge in [-0.1, -0.05) is 12.8 Å². The minimum absolute atomic E-state index is 0.0469. The van der Waals surface area contributed by atoms with Crippen LogP contribution in [0.3, 0.4) is 0 Å². The standard InChI is InChI=1S/C13H15NO2S2/c15-9-4-2-1-3-8(9)14-13(16)12-7-11-10(18-12)5-6-17-11/h5-9,15H,1-4H2,(H,14,16)/t8-,9-/m0/s1. The van der Waals surface area contributed by atoms with E-state index < -0.39 is 0 Å². The molecule has 0 aliphatic heterocycles. The summed E-state index contributed by atoms with van der Waals surface area (Å²) in [5.41, 5.74) is 0. The lowest BCUT2D eigenvalue weighted by atomic mass is 9.92. The van der Waals surface area contributed by atoms with Crippen LogP contribution in [0.15, 0.2) is 17.5 Å². The molecule has 0 radical (unpaired) electrons. The molecule has 0 unspecified atom stereocenters. The van der Waals surface area contributed by atoms with Crippen LogP contribution in [0, 0.1) is 0 Å². The Labute approximate surface area is 113 Å². The van der Waals surface area contributed by atoms with E-state index in [9.17, 15) is 9.90 Å². The average molecular weight is 281 g/mol. The van der Waals surface area contributed by atoms with Crippen LogP contribution in [0.4, 0.5) is 0 Å². The number of thiophene rings is 2. The van der Waals surface area contributed by atoms with Gasteiger partial charge in [0, 0.05) is 9.40 Å². The highest BCUT2D eigenvalue weighted by atomic mass is 32.1. The molecule has 0 aromatic carbocycles. The Morgan fingerprint density at radius 2 is 2.17 bits per heavy atom. The molecule has 1 amide bonds. The molecule has 0 bridgehead atoms. The first kappa shape index (κ1) is 12.1. The lowest BCUT2D eigenvalue weighted by molar-refractivity contribution is 0.0720. The quantitative estimate of drug-likeness (QED) is 0.889. The summed E-state index contributed by atoms with van der Waals surface area (Å²) in [5.74, 6) is -0.0469. The second kappa shape index (κ2) is 4.99. The number of rotatable bonds is 2. The first-order chi connectivity index (χ1) is 8.74. The van der Waals surface area contributed by atoms with E-state index in [2.05, 4.69) is 5.32 Å². The Balaban J connectivity index is 1.72.